The molecule has 0 aromatic heterocycles. The van der Waals surface area contributed by atoms with E-state index in [9.17, 15) is 18.7 Å². The van der Waals surface area contributed by atoms with Crippen LogP contribution < -0.4 is 5.48 Å². The zero-order valence-corrected chi connectivity index (χ0v) is 17.2. The molecule has 3 N–H and O–H groups in total. The molecule has 2 aromatic carbocycles. The molecule has 0 bridgehead atoms. The highest BCUT2D eigenvalue weighted by molar-refractivity contribution is 7.91. The van der Waals surface area contributed by atoms with Crippen LogP contribution in [0.5, 0.6) is 0 Å². The van der Waals surface area contributed by atoms with Crippen LogP contribution >= 0.6 is 0 Å². The van der Waals surface area contributed by atoms with Crippen LogP contribution in [0.2, 0.25) is 0 Å². The number of hydrogen-bond donors (Lipinski definition) is 3. The summed E-state index contributed by atoms with van der Waals surface area (Å²) in [5.41, 5.74) is 3.19. The van der Waals surface area contributed by atoms with Gasteiger partial charge in [-0.15, -0.1) is 0 Å². The topological polar surface area (TPSA) is 86.6 Å². The van der Waals surface area contributed by atoms with Crippen molar-refractivity contribution in [3.8, 4) is 0 Å². The molecule has 0 spiro atoms. The van der Waals surface area contributed by atoms with Crippen molar-refractivity contribution < 1.29 is 18.7 Å². The Bertz CT molecular complexity index is 913. The molecule has 28 heavy (non-hydrogen) atoms. The molecule has 152 valence electrons. The number of unbranched alkanes of at least 4 members (excludes halogenated alkanes) is 1. The lowest BCUT2D eigenvalue weighted by atomic mass is 9.69. The summed E-state index contributed by atoms with van der Waals surface area (Å²) in [7, 11) is -3.60. The number of sulfone groups is 1. The Balaban J connectivity index is 2.29. The van der Waals surface area contributed by atoms with Gasteiger partial charge in [0.05, 0.1) is 22.4 Å². The number of anilines is 1. The lowest BCUT2D eigenvalue weighted by Crippen LogP contribution is -2.42. The van der Waals surface area contributed by atoms with E-state index < -0.39 is 27.3 Å². The number of aliphatic hydroxyl groups excluding tert-OH is 1. The van der Waals surface area contributed by atoms with Crippen LogP contribution in [0.4, 0.5) is 5.69 Å². The van der Waals surface area contributed by atoms with E-state index in [-0.39, 0.29) is 10.6 Å². The predicted molar refractivity (Wildman–Crippen MR) is 110 cm³/mol. The quantitative estimate of drug-likeness (QED) is 0.624. The summed E-state index contributed by atoms with van der Waals surface area (Å²) in [5.74, 6) is -0.557. The Morgan fingerprint density at radius 3 is 2.46 bits per heavy atom. The monoisotopic (exact) mass is 403 g/mol. The highest BCUT2D eigenvalue weighted by Gasteiger charge is 2.48. The van der Waals surface area contributed by atoms with E-state index in [2.05, 4.69) is 12.4 Å². The van der Waals surface area contributed by atoms with Gasteiger partial charge in [-0.1, -0.05) is 57.0 Å². The molecule has 0 radical (unpaired) electrons. The first-order valence-corrected chi connectivity index (χ1v) is 11.5. The molecule has 5 nitrogen and oxygen atoms in total. The summed E-state index contributed by atoms with van der Waals surface area (Å²) in [6, 6.07) is 14.3. The fourth-order valence-corrected chi connectivity index (χ4v) is 6.72. The molecule has 0 saturated heterocycles. The molecule has 3 atom stereocenters. The molecule has 1 aliphatic rings. The maximum Gasteiger partial charge on any atom is 0.179 e. The number of rotatable bonds is 6. The Labute approximate surface area is 167 Å². The summed E-state index contributed by atoms with van der Waals surface area (Å²) in [6.07, 6.45) is 2.19. The molecule has 1 heterocycles. The highest BCUT2D eigenvalue weighted by atomic mass is 32.2. The van der Waals surface area contributed by atoms with Crippen molar-refractivity contribution in [2.24, 2.45) is 5.41 Å². The Hall–Kier alpha value is -1.89. The van der Waals surface area contributed by atoms with Crippen molar-refractivity contribution >= 4 is 15.5 Å². The molecule has 0 fully saturated rings. The van der Waals surface area contributed by atoms with Gasteiger partial charge in [-0.25, -0.2) is 8.42 Å². The van der Waals surface area contributed by atoms with E-state index in [1.165, 1.54) is 6.07 Å². The van der Waals surface area contributed by atoms with Gasteiger partial charge in [0.15, 0.2) is 9.84 Å². The zero-order chi connectivity index (χ0) is 20.4. The predicted octanol–water partition coefficient (Wildman–Crippen LogP) is 4.35. The molecular formula is C22H29NO4S. The molecule has 0 saturated carbocycles. The minimum absolute atomic E-state index is 0.0695. The van der Waals surface area contributed by atoms with Gasteiger partial charge in [0, 0.05) is 11.3 Å². The van der Waals surface area contributed by atoms with E-state index in [0.717, 1.165) is 18.4 Å². The maximum atomic E-state index is 13.4. The SMILES string of the molecule is CCCC[C@]1(CC)CS(=O)(=O)c2ccc(NO)cc2[C@@H](c2ccccc2)C1O. The summed E-state index contributed by atoms with van der Waals surface area (Å²) in [5, 5.41) is 21.0. The van der Waals surface area contributed by atoms with Crippen LogP contribution in [0.3, 0.4) is 0 Å². The third kappa shape index (κ3) is 3.69. The van der Waals surface area contributed by atoms with Crippen molar-refractivity contribution in [2.45, 2.75) is 56.4 Å². The van der Waals surface area contributed by atoms with Crippen molar-refractivity contribution in [1.82, 2.24) is 0 Å². The lowest BCUT2D eigenvalue weighted by molar-refractivity contribution is 0.0174. The fourth-order valence-electron chi connectivity index (χ4n) is 4.47. The van der Waals surface area contributed by atoms with Crippen molar-refractivity contribution in [3.63, 3.8) is 0 Å². The summed E-state index contributed by atoms with van der Waals surface area (Å²) >= 11 is 0. The van der Waals surface area contributed by atoms with Gasteiger partial charge in [-0.2, -0.15) is 0 Å². The molecule has 3 rings (SSSR count). The van der Waals surface area contributed by atoms with E-state index in [1.807, 2.05) is 37.3 Å². The van der Waals surface area contributed by atoms with Gasteiger partial charge in [-0.3, -0.25) is 10.7 Å². The normalized spacial score (nSPS) is 26.3. The summed E-state index contributed by atoms with van der Waals surface area (Å²) in [4.78, 5) is 0.242. The molecule has 6 heteroatoms. The first kappa shape index (κ1) is 20.8. The van der Waals surface area contributed by atoms with Crippen molar-refractivity contribution in [2.75, 3.05) is 11.2 Å². The van der Waals surface area contributed by atoms with Gasteiger partial charge in [0.2, 0.25) is 0 Å². The van der Waals surface area contributed by atoms with E-state index in [1.54, 1.807) is 12.1 Å². The molecule has 0 aliphatic carbocycles. The largest absolute Gasteiger partial charge is 0.392 e. The van der Waals surface area contributed by atoms with Crippen LogP contribution in [0.1, 0.15) is 56.6 Å². The summed E-state index contributed by atoms with van der Waals surface area (Å²) < 4.78 is 26.7. The molecule has 0 amide bonds. The molecular weight excluding hydrogens is 374 g/mol. The van der Waals surface area contributed by atoms with Crippen LogP contribution in [-0.4, -0.2) is 30.6 Å². The fraction of sp³-hybridized carbons (Fsp3) is 0.455. The first-order valence-electron chi connectivity index (χ1n) is 9.88. The average molecular weight is 404 g/mol. The smallest absolute Gasteiger partial charge is 0.179 e. The van der Waals surface area contributed by atoms with Gasteiger partial charge >= 0.3 is 0 Å². The highest BCUT2D eigenvalue weighted by Crippen LogP contribution is 2.49. The number of benzene rings is 2. The minimum atomic E-state index is -3.60. The van der Waals surface area contributed by atoms with Crippen LogP contribution in [0, 0.1) is 5.41 Å². The number of aliphatic hydroxyl groups is 1. The molecule has 2 aromatic rings. The Kier molecular flexibility index (Phi) is 6.12. The van der Waals surface area contributed by atoms with Gasteiger partial charge < -0.3 is 5.11 Å². The zero-order valence-electron chi connectivity index (χ0n) is 16.4. The maximum absolute atomic E-state index is 13.4. The van der Waals surface area contributed by atoms with Crippen molar-refractivity contribution in [1.29, 1.82) is 0 Å². The van der Waals surface area contributed by atoms with Crippen LogP contribution in [0.25, 0.3) is 0 Å². The van der Waals surface area contributed by atoms with Crippen molar-refractivity contribution in [3.05, 3.63) is 59.7 Å². The minimum Gasteiger partial charge on any atom is -0.392 e. The van der Waals surface area contributed by atoms with Gasteiger partial charge in [0.25, 0.3) is 0 Å². The average Bonchev–Trinajstić information content (AvgIpc) is 2.78. The van der Waals surface area contributed by atoms with E-state index in [4.69, 9.17) is 0 Å². The third-order valence-electron chi connectivity index (χ3n) is 6.12. The van der Waals surface area contributed by atoms with Crippen LogP contribution in [0.15, 0.2) is 53.4 Å². The second kappa shape index (κ2) is 8.23. The second-order valence-corrected chi connectivity index (χ2v) is 9.73. The second-order valence-electron chi connectivity index (χ2n) is 7.78. The van der Waals surface area contributed by atoms with Gasteiger partial charge in [0.1, 0.15) is 0 Å². The Morgan fingerprint density at radius 2 is 1.86 bits per heavy atom. The standard InChI is InChI=1S/C22H29NO4S/c1-3-5-13-22(4-2)15-28(26,27)19-12-11-17(23-25)14-18(19)20(21(22)24)16-9-7-6-8-10-16/h6-12,14,20-21,23-25H,3-5,13,15H2,1-2H3/t20-,21?,22-/m1/s1. The summed E-state index contributed by atoms with van der Waals surface area (Å²) in [6.45, 7) is 4.04. The number of fused-ring (bicyclic) bond motifs is 1. The lowest BCUT2D eigenvalue weighted by Gasteiger charge is -2.39. The molecule has 1 aliphatic heterocycles. The third-order valence-corrected chi connectivity index (χ3v) is 8.12. The van der Waals surface area contributed by atoms with Crippen LogP contribution in [-0.2, 0) is 9.84 Å². The first-order chi connectivity index (χ1) is 13.4. The number of hydrogen-bond acceptors (Lipinski definition) is 5. The van der Waals surface area contributed by atoms with E-state index >= 15 is 0 Å². The van der Waals surface area contributed by atoms with Gasteiger partial charge in [-0.05, 0) is 42.2 Å². The van der Waals surface area contributed by atoms with E-state index in [0.29, 0.717) is 24.1 Å². The number of nitrogens with one attached hydrogen (secondary N) is 1. The molecule has 1 unspecified atom stereocenters. The Morgan fingerprint density at radius 1 is 1.14 bits per heavy atom.